The lowest BCUT2D eigenvalue weighted by atomic mass is 10.1. The van der Waals surface area contributed by atoms with Gasteiger partial charge >= 0.3 is 6.18 Å². The van der Waals surface area contributed by atoms with E-state index in [0.717, 1.165) is 55.1 Å². The molecule has 0 amide bonds. The van der Waals surface area contributed by atoms with Crippen LogP contribution in [-0.2, 0) is 19.1 Å². The van der Waals surface area contributed by atoms with Crippen LogP contribution in [0.4, 0.5) is 13.2 Å². The van der Waals surface area contributed by atoms with Crippen molar-refractivity contribution in [2.24, 2.45) is 0 Å². The lowest BCUT2D eigenvalue weighted by molar-refractivity contribution is -0.137. The van der Waals surface area contributed by atoms with Crippen LogP contribution in [-0.4, -0.2) is 33.2 Å². The summed E-state index contributed by atoms with van der Waals surface area (Å²) in [5, 5.41) is 7.55. The van der Waals surface area contributed by atoms with E-state index in [9.17, 15) is 13.2 Å². The van der Waals surface area contributed by atoms with Crippen molar-refractivity contribution in [1.29, 1.82) is 0 Å². The van der Waals surface area contributed by atoms with Crippen LogP contribution >= 0.6 is 0 Å². The number of hydrogen-bond donors (Lipinski definition) is 1. The highest BCUT2D eigenvalue weighted by Gasteiger charge is 2.30. The molecule has 1 aromatic carbocycles. The number of ether oxygens (including phenoxy) is 1. The van der Waals surface area contributed by atoms with E-state index in [1.807, 2.05) is 24.4 Å². The van der Waals surface area contributed by atoms with Gasteiger partial charge in [-0.1, -0.05) is 6.07 Å². The molecule has 0 saturated carbocycles. The minimum atomic E-state index is -4.34. The van der Waals surface area contributed by atoms with Gasteiger partial charge in [0, 0.05) is 24.9 Å². The van der Waals surface area contributed by atoms with Crippen molar-refractivity contribution in [3.63, 3.8) is 0 Å². The molecule has 3 heterocycles. The number of nitrogens with zero attached hydrogens (tertiary/aromatic N) is 3. The van der Waals surface area contributed by atoms with E-state index >= 15 is 0 Å². The van der Waals surface area contributed by atoms with Crippen LogP contribution in [0.5, 0.6) is 5.75 Å². The van der Waals surface area contributed by atoms with Crippen molar-refractivity contribution in [2.75, 3.05) is 13.2 Å². The highest BCUT2D eigenvalue weighted by Crippen LogP contribution is 2.32. The van der Waals surface area contributed by atoms with Crippen LogP contribution in [0.15, 0.2) is 54.7 Å². The van der Waals surface area contributed by atoms with Crippen LogP contribution in [0, 0.1) is 0 Å². The fourth-order valence-electron chi connectivity index (χ4n) is 3.75. The highest BCUT2D eigenvalue weighted by atomic mass is 19.4. The molecule has 1 saturated heterocycles. The monoisotopic (exact) mass is 416 g/mol. The summed E-state index contributed by atoms with van der Waals surface area (Å²) in [5.74, 6) is 0.417. The Morgan fingerprint density at radius 1 is 1.13 bits per heavy atom. The normalized spacial score (nSPS) is 17.4. The predicted molar refractivity (Wildman–Crippen MR) is 106 cm³/mol. The lowest BCUT2D eigenvalue weighted by Crippen LogP contribution is -2.23. The quantitative estimate of drug-likeness (QED) is 0.602. The van der Waals surface area contributed by atoms with Gasteiger partial charge in [0.25, 0.3) is 0 Å². The number of pyridine rings is 1. The number of nitrogens with one attached hydrogen (secondary N) is 1. The Balaban J connectivity index is 1.30. The molecular weight excluding hydrogens is 393 g/mol. The van der Waals surface area contributed by atoms with E-state index in [4.69, 9.17) is 4.74 Å². The Morgan fingerprint density at radius 2 is 1.97 bits per heavy atom. The number of rotatable bonds is 7. The first-order chi connectivity index (χ1) is 14.5. The van der Waals surface area contributed by atoms with Crippen LogP contribution in [0.1, 0.15) is 41.5 Å². The van der Waals surface area contributed by atoms with Crippen molar-refractivity contribution >= 4 is 0 Å². The van der Waals surface area contributed by atoms with Gasteiger partial charge in [-0.25, -0.2) is 0 Å². The summed E-state index contributed by atoms with van der Waals surface area (Å²) in [6.07, 6.45) is 0.246. The van der Waals surface area contributed by atoms with Gasteiger partial charge in [0.15, 0.2) is 0 Å². The van der Waals surface area contributed by atoms with Gasteiger partial charge in [0.05, 0.1) is 29.6 Å². The summed E-state index contributed by atoms with van der Waals surface area (Å²) < 4.78 is 43.4. The molecule has 1 fully saturated rings. The van der Waals surface area contributed by atoms with E-state index in [1.165, 1.54) is 12.1 Å². The molecule has 1 atom stereocenters. The summed E-state index contributed by atoms with van der Waals surface area (Å²) >= 11 is 0. The van der Waals surface area contributed by atoms with Gasteiger partial charge < -0.3 is 4.74 Å². The number of H-pyrrole nitrogens is 1. The van der Waals surface area contributed by atoms with E-state index in [0.29, 0.717) is 18.8 Å². The molecular formula is C22H23F3N4O. The molecule has 0 spiro atoms. The van der Waals surface area contributed by atoms with Gasteiger partial charge in [0.1, 0.15) is 5.75 Å². The van der Waals surface area contributed by atoms with E-state index in [-0.39, 0.29) is 6.04 Å². The molecule has 0 radical (unpaired) electrons. The molecule has 0 bridgehead atoms. The molecule has 158 valence electrons. The average Bonchev–Trinajstić information content (AvgIpc) is 3.38. The summed E-state index contributed by atoms with van der Waals surface area (Å²) in [6.45, 7) is 2.17. The van der Waals surface area contributed by atoms with Crippen molar-refractivity contribution in [2.45, 2.75) is 38.0 Å². The van der Waals surface area contributed by atoms with Gasteiger partial charge in [-0.15, -0.1) is 0 Å². The zero-order chi connectivity index (χ0) is 21.0. The zero-order valence-corrected chi connectivity index (χ0v) is 16.4. The molecule has 30 heavy (non-hydrogen) atoms. The third kappa shape index (κ3) is 4.99. The predicted octanol–water partition coefficient (Wildman–Crippen LogP) is 4.78. The van der Waals surface area contributed by atoms with Crippen molar-refractivity contribution in [3.8, 4) is 5.75 Å². The number of aromatic amines is 1. The Morgan fingerprint density at radius 3 is 2.70 bits per heavy atom. The lowest BCUT2D eigenvalue weighted by Gasteiger charge is -2.22. The molecule has 2 aromatic heterocycles. The first-order valence-corrected chi connectivity index (χ1v) is 9.97. The minimum Gasteiger partial charge on any atom is -0.493 e. The van der Waals surface area contributed by atoms with Crippen molar-refractivity contribution in [1.82, 2.24) is 20.1 Å². The third-order valence-electron chi connectivity index (χ3n) is 5.27. The fraction of sp³-hybridized carbons (Fsp3) is 0.364. The molecule has 1 N–H and O–H groups in total. The second-order valence-corrected chi connectivity index (χ2v) is 7.39. The SMILES string of the molecule is FC(F)(F)c1ccc(OCCc2cc(C3CCCN3Cc3ccccn3)n[nH]2)cc1. The first kappa shape index (κ1) is 20.4. The van der Waals surface area contributed by atoms with Crippen molar-refractivity contribution in [3.05, 3.63) is 77.4 Å². The van der Waals surface area contributed by atoms with Gasteiger partial charge in [-0.3, -0.25) is 15.0 Å². The molecule has 8 heteroatoms. The van der Waals surface area contributed by atoms with Crippen LogP contribution < -0.4 is 4.74 Å². The first-order valence-electron chi connectivity index (χ1n) is 9.97. The minimum absolute atomic E-state index is 0.257. The van der Waals surface area contributed by atoms with Crippen LogP contribution in [0.25, 0.3) is 0 Å². The fourth-order valence-corrected chi connectivity index (χ4v) is 3.75. The highest BCUT2D eigenvalue weighted by molar-refractivity contribution is 5.29. The number of halogens is 3. The number of aromatic nitrogens is 3. The number of hydrogen-bond acceptors (Lipinski definition) is 4. The molecule has 3 aromatic rings. The topological polar surface area (TPSA) is 54.0 Å². The van der Waals surface area contributed by atoms with E-state index in [2.05, 4.69) is 26.1 Å². The standard InChI is InChI=1S/C22H23F3N4O/c23-22(24,25)16-6-8-19(9-7-16)30-13-10-17-14-20(28-27-17)21-5-3-12-29(21)15-18-4-1-2-11-26-18/h1-2,4,6-9,11,14,21H,3,5,10,12-13,15H2,(H,27,28). The molecule has 0 aliphatic carbocycles. The van der Waals surface area contributed by atoms with Gasteiger partial charge in [-0.2, -0.15) is 18.3 Å². The maximum Gasteiger partial charge on any atom is 0.416 e. The summed E-state index contributed by atoms with van der Waals surface area (Å²) in [6, 6.07) is 13.0. The second kappa shape index (κ2) is 8.87. The summed E-state index contributed by atoms with van der Waals surface area (Å²) in [4.78, 5) is 6.80. The Hall–Kier alpha value is -2.87. The smallest absolute Gasteiger partial charge is 0.416 e. The van der Waals surface area contributed by atoms with E-state index in [1.54, 1.807) is 0 Å². The maximum absolute atomic E-state index is 12.6. The Bertz CT molecular complexity index is 941. The summed E-state index contributed by atoms with van der Waals surface area (Å²) in [5.41, 5.74) is 2.32. The summed E-state index contributed by atoms with van der Waals surface area (Å²) in [7, 11) is 0. The molecule has 4 rings (SSSR count). The zero-order valence-electron chi connectivity index (χ0n) is 16.4. The molecule has 1 aliphatic heterocycles. The Labute approximate surface area is 172 Å². The van der Waals surface area contributed by atoms with Crippen LogP contribution in [0.2, 0.25) is 0 Å². The number of likely N-dealkylation sites (tertiary alicyclic amines) is 1. The third-order valence-corrected chi connectivity index (χ3v) is 5.27. The molecule has 1 aliphatic rings. The van der Waals surface area contributed by atoms with Crippen molar-refractivity contribution < 1.29 is 17.9 Å². The average molecular weight is 416 g/mol. The molecule has 1 unspecified atom stereocenters. The van der Waals surface area contributed by atoms with Gasteiger partial charge in [0.2, 0.25) is 0 Å². The van der Waals surface area contributed by atoms with Crippen LogP contribution in [0.3, 0.4) is 0 Å². The van der Waals surface area contributed by atoms with Gasteiger partial charge in [-0.05, 0) is 61.9 Å². The number of alkyl halides is 3. The molecule has 5 nitrogen and oxygen atoms in total. The number of benzene rings is 1. The second-order valence-electron chi connectivity index (χ2n) is 7.39. The Kier molecular flexibility index (Phi) is 6.03. The van der Waals surface area contributed by atoms with E-state index < -0.39 is 11.7 Å². The largest absolute Gasteiger partial charge is 0.493 e. The maximum atomic E-state index is 12.6.